The Labute approximate surface area is 181 Å². The summed E-state index contributed by atoms with van der Waals surface area (Å²) in [6.07, 6.45) is 5.35. The maximum Gasteiger partial charge on any atom is 0.251 e. The first-order chi connectivity index (χ1) is 15.1. The zero-order valence-electron chi connectivity index (χ0n) is 17.5. The van der Waals surface area contributed by atoms with Crippen molar-refractivity contribution in [3.63, 3.8) is 0 Å². The van der Waals surface area contributed by atoms with Crippen LogP contribution in [0.25, 0.3) is 0 Å². The van der Waals surface area contributed by atoms with Crippen molar-refractivity contribution in [3.8, 4) is 0 Å². The largest absolute Gasteiger partial charge is 0.468 e. The lowest BCUT2D eigenvalue weighted by atomic mass is 10.2. The van der Waals surface area contributed by atoms with Gasteiger partial charge in [0.05, 0.1) is 18.8 Å². The summed E-state index contributed by atoms with van der Waals surface area (Å²) in [6.45, 7) is 3.01. The van der Waals surface area contributed by atoms with E-state index in [4.69, 9.17) is 4.42 Å². The molecule has 8 nitrogen and oxygen atoms in total. The van der Waals surface area contributed by atoms with Crippen molar-refractivity contribution in [2.24, 2.45) is 0 Å². The van der Waals surface area contributed by atoms with Gasteiger partial charge in [0.2, 0.25) is 11.8 Å². The van der Waals surface area contributed by atoms with Crippen molar-refractivity contribution in [1.82, 2.24) is 15.5 Å². The number of carbonyl (C=O) groups excluding carboxylic acids is 3. The Morgan fingerprint density at radius 3 is 2.42 bits per heavy atom. The van der Waals surface area contributed by atoms with E-state index in [1.54, 1.807) is 35.4 Å². The van der Waals surface area contributed by atoms with E-state index in [-0.39, 0.29) is 30.3 Å². The van der Waals surface area contributed by atoms with E-state index < -0.39 is 0 Å². The Balaban J connectivity index is 1.26. The molecular formula is C23H28N4O4. The van der Waals surface area contributed by atoms with Crippen LogP contribution in [-0.2, 0) is 9.59 Å². The van der Waals surface area contributed by atoms with Crippen LogP contribution in [-0.4, -0.2) is 55.3 Å². The average Bonchev–Trinajstić information content (AvgIpc) is 3.56. The smallest absolute Gasteiger partial charge is 0.251 e. The van der Waals surface area contributed by atoms with Crippen molar-refractivity contribution in [1.29, 1.82) is 0 Å². The predicted octanol–water partition coefficient (Wildman–Crippen LogP) is 2.09. The monoisotopic (exact) mass is 424 g/mol. The van der Waals surface area contributed by atoms with Crippen LogP contribution in [0.1, 0.15) is 47.8 Å². The first kappa shape index (κ1) is 21.1. The molecule has 1 atom stereocenters. The van der Waals surface area contributed by atoms with Crippen molar-refractivity contribution < 1.29 is 18.8 Å². The minimum atomic E-state index is -0.323. The van der Waals surface area contributed by atoms with Gasteiger partial charge in [-0.05, 0) is 68.8 Å². The van der Waals surface area contributed by atoms with Crippen LogP contribution in [0, 0.1) is 0 Å². The van der Waals surface area contributed by atoms with Gasteiger partial charge in [0, 0.05) is 30.8 Å². The summed E-state index contributed by atoms with van der Waals surface area (Å²) < 4.78 is 5.56. The van der Waals surface area contributed by atoms with Crippen molar-refractivity contribution >= 4 is 23.4 Å². The number of carbonyl (C=O) groups is 3. The molecule has 2 fully saturated rings. The lowest BCUT2D eigenvalue weighted by Crippen LogP contribution is -2.41. The minimum Gasteiger partial charge on any atom is -0.468 e. The lowest BCUT2D eigenvalue weighted by molar-refractivity contribution is -0.120. The standard InChI is InChI=1S/C23H28N4O4/c28-21(24-15-19(20-5-4-14-31-20)26-11-1-2-12-26)16-25-23(30)17-7-9-18(10-8-17)27-13-3-6-22(27)29/h4-5,7-10,14,19H,1-3,6,11-13,15-16H2,(H,24,28)(H,25,30)/t19-/m0/s1. The van der Waals surface area contributed by atoms with E-state index in [1.165, 1.54) is 0 Å². The first-order valence-corrected chi connectivity index (χ1v) is 10.8. The average molecular weight is 425 g/mol. The fourth-order valence-corrected chi connectivity index (χ4v) is 4.19. The number of anilines is 1. The van der Waals surface area contributed by atoms with Gasteiger partial charge in [-0.15, -0.1) is 0 Å². The summed E-state index contributed by atoms with van der Waals surface area (Å²) in [5.41, 5.74) is 1.25. The van der Waals surface area contributed by atoms with Crippen LogP contribution in [0.2, 0.25) is 0 Å². The highest BCUT2D eigenvalue weighted by Gasteiger charge is 2.26. The van der Waals surface area contributed by atoms with Crippen molar-refractivity contribution in [2.75, 3.05) is 37.6 Å². The molecule has 3 heterocycles. The molecule has 0 unspecified atom stereocenters. The van der Waals surface area contributed by atoms with E-state index in [9.17, 15) is 14.4 Å². The summed E-state index contributed by atoms with van der Waals surface area (Å²) in [5.74, 6) is 0.374. The second-order valence-corrected chi connectivity index (χ2v) is 7.96. The molecule has 2 aromatic rings. The Morgan fingerprint density at radius 1 is 1.00 bits per heavy atom. The topological polar surface area (TPSA) is 94.9 Å². The first-order valence-electron chi connectivity index (χ1n) is 10.8. The van der Waals surface area contributed by atoms with Crippen LogP contribution in [0.3, 0.4) is 0 Å². The highest BCUT2D eigenvalue weighted by Crippen LogP contribution is 2.25. The SMILES string of the molecule is O=C(CNC(=O)c1ccc(N2CCCC2=O)cc1)NC[C@@H](c1ccco1)N1CCCC1. The molecule has 1 aromatic heterocycles. The second kappa shape index (κ2) is 9.78. The molecule has 2 saturated heterocycles. The minimum absolute atomic E-state index is 0.00186. The quantitative estimate of drug-likeness (QED) is 0.677. The van der Waals surface area contributed by atoms with Gasteiger partial charge in [0.1, 0.15) is 5.76 Å². The van der Waals surface area contributed by atoms with Gasteiger partial charge in [-0.3, -0.25) is 19.3 Å². The molecule has 31 heavy (non-hydrogen) atoms. The normalized spacial score (nSPS) is 17.7. The predicted molar refractivity (Wildman–Crippen MR) is 116 cm³/mol. The second-order valence-electron chi connectivity index (χ2n) is 7.96. The number of furan rings is 1. The van der Waals surface area contributed by atoms with Gasteiger partial charge in [0.25, 0.3) is 5.91 Å². The lowest BCUT2D eigenvalue weighted by Gasteiger charge is -2.26. The number of nitrogens with one attached hydrogen (secondary N) is 2. The number of likely N-dealkylation sites (tertiary alicyclic amines) is 1. The van der Waals surface area contributed by atoms with Gasteiger partial charge < -0.3 is 20.0 Å². The summed E-state index contributed by atoms with van der Waals surface area (Å²) in [4.78, 5) is 40.6. The van der Waals surface area contributed by atoms with Crippen molar-refractivity contribution in [3.05, 3.63) is 54.0 Å². The highest BCUT2D eigenvalue weighted by molar-refractivity contribution is 5.98. The van der Waals surface area contributed by atoms with Crippen LogP contribution in [0.4, 0.5) is 5.69 Å². The molecule has 0 bridgehead atoms. The van der Waals surface area contributed by atoms with E-state index in [1.807, 2.05) is 12.1 Å². The molecule has 0 aliphatic carbocycles. The maximum atomic E-state index is 12.4. The maximum absolute atomic E-state index is 12.4. The number of rotatable bonds is 8. The zero-order chi connectivity index (χ0) is 21.6. The third-order valence-corrected chi connectivity index (χ3v) is 5.87. The van der Waals surface area contributed by atoms with Crippen LogP contribution in [0.15, 0.2) is 47.1 Å². The van der Waals surface area contributed by atoms with Crippen LogP contribution in [0.5, 0.6) is 0 Å². The summed E-state index contributed by atoms with van der Waals surface area (Å²) >= 11 is 0. The van der Waals surface area contributed by atoms with E-state index in [0.717, 1.165) is 43.8 Å². The fraction of sp³-hybridized carbons (Fsp3) is 0.435. The van der Waals surface area contributed by atoms with E-state index in [2.05, 4.69) is 15.5 Å². The van der Waals surface area contributed by atoms with Gasteiger partial charge in [0.15, 0.2) is 0 Å². The van der Waals surface area contributed by atoms with E-state index >= 15 is 0 Å². The third kappa shape index (κ3) is 5.14. The fourth-order valence-electron chi connectivity index (χ4n) is 4.19. The van der Waals surface area contributed by atoms with Gasteiger partial charge in [-0.1, -0.05) is 0 Å². The highest BCUT2D eigenvalue weighted by atomic mass is 16.3. The Morgan fingerprint density at radius 2 is 1.77 bits per heavy atom. The molecule has 3 amide bonds. The summed E-state index contributed by atoms with van der Waals surface area (Å²) in [6, 6.07) is 10.7. The molecule has 0 radical (unpaired) electrons. The number of hydrogen-bond acceptors (Lipinski definition) is 5. The molecule has 0 spiro atoms. The van der Waals surface area contributed by atoms with Crippen molar-refractivity contribution in [2.45, 2.75) is 31.7 Å². The van der Waals surface area contributed by atoms with Crippen LogP contribution >= 0.6 is 0 Å². The van der Waals surface area contributed by atoms with Crippen LogP contribution < -0.4 is 15.5 Å². The third-order valence-electron chi connectivity index (χ3n) is 5.87. The summed E-state index contributed by atoms with van der Waals surface area (Å²) in [5, 5.41) is 5.56. The molecule has 164 valence electrons. The molecular weight excluding hydrogens is 396 g/mol. The zero-order valence-corrected chi connectivity index (χ0v) is 17.5. The Kier molecular flexibility index (Phi) is 6.66. The number of nitrogens with zero attached hydrogens (tertiary/aromatic N) is 2. The molecule has 4 rings (SSSR count). The number of hydrogen-bond donors (Lipinski definition) is 2. The van der Waals surface area contributed by atoms with Gasteiger partial charge >= 0.3 is 0 Å². The number of benzene rings is 1. The van der Waals surface area contributed by atoms with Gasteiger partial charge in [-0.2, -0.15) is 0 Å². The molecule has 8 heteroatoms. The molecule has 2 aliphatic rings. The van der Waals surface area contributed by atoms with E-state index in [0.29, 0.717) is 25.1 Å². The molecule has 1 aromatic carbocycles. The van der Waals surface area contributed by atoms with Gasteiger partial charge in [-0.25, -0.2) is 0 Å². The Hall–Kier alpha value is -3.13. The Bertz CT molecular complexity index is 904. The number of amides is 3. The summed E-state index contributed by atoms with van der Waals surface area (Å²) in [7, 11) is 0. The molecule has 2 aliphatic heterocycles. The molecule has 2 N–H and O–H groups in total. The molecule has 0 saturated carbocycles.